The molecule has 0 saturated carbocycles. The zero-order chi connectivity index (χ0) is 22.7. The third kappa shape index (κ3) is 4.52. The highest BCUT2D eigenvalue weighted by Crippen LogP contribution is 2.43. The highest BCUT2D eigenvalue weighted by Gasteiger charge is 2.47. The monoisotopic (exact) mass is 444 g/mol. The van der Waals surface area contributed by atoms with Crippen molar-refractivity contribution in [2.45, 2.75) is 6.04 Å². The zero-order valence-electron chi connectivity index (χ0n) is 17.9. The van der Waals surface area contributed by atoms with Crippen LogP contribution in [0.2, 0.25) is 5.02 Å². The van der Waals surface area contributed by atoms with E-state index in [1.807, 2.05) is 19.0 Å². The summed E-state index contributed by atoms with van der Waals surface area (Å²) in [6.07, 6.45) is 0. The largest absolute Gasteiger partial charge is 0.507 e. The van der Waals surface area contributed by atoms with Crippen molar-refractivity contribution in [3.63, 3.8) is 0 Å². The van der Waals surface area contributed by atoms with Gasteiger partial charge in [-0.05, 0) is 56.6 Å². The van der Waals surface area contributed by atoms with Gasteiger partial charge in [0.25, 0.3) is 11.7 Å². The predicted octanol–water partition coefficient (Wildman–Crippen LogP) is 3.34. The highest BCUT2D eigenvalue weighted by molar-refractivity contribution is 6.46. The molecule has 1 fully saturated rings. The fourth-order valence-corrected chi connectivity index (χ4v) is 3.68. The molecule has 1 heterocycles. The average Bonchev–Trinajstić information content (AvgIpc) is 3.01. The molecule has 8 heteroatoms. The number of halogens is 1. The average molecular weight is 445 g/mol. The van der Waals surface area contributed by atoms with Gasteiger partial charge in [0.15, 0.2) is 0 Å². The van der Waals surface area contributed by atoms with Gasteiger partial charge in [-0.15, -0.1) is 0 Å². The molecule has 0 aromatic heterocycles. The first-order valence-electron chi connectivity index (χ1n) is 9.69. The highest BCUT2D eigenvalue weighted by atomic mass is 35.5. The van der Waals surface area contributed by atoms with Crippen LogP contribution in [0.4, 0.5) is 0 Å². The number of ketones is 1. The third-order valence-electron chi connectivity index (χ3n) is 5.18. The van der Waals surface area contributed by atoms with Gasteiger partial charge in [-0.1, -0.05) is 11.6 Å². The van der Waals surface area contributed by atoms with Gasteiger partial charge in [0.1, 0.15) is 17.3 Å². The van der Waals surface area contributed by atoms with Gasteiger partial charge in [-0.25, -0.2) is 0 Å². The van der Waals surface area contributed by atoms with E-state index in [-0.39, 0.29) is 11.3 Å². The molecule has 2 aromatic rings. The predicted molar refractivity (Wildman–Crippen MR) is 119 cm³/mol. The standard InChI is InChI=1S/C23H25ClN2O5/c1-25(2)11-12-26-20(17-13-16(30-3)9-10-18(17)31-4)19(22(28)23(26)29)21(27)14-5-7-15(24)8-6-14/h5-10,13,20,27H,11-12H2,1-4H3/b21-19-. The zero-order valence-corrected chi connectivity index (χ0v) is 18.6. The second-order valence-electron chi connectivity index (χ2n) is 7.41. The van der Waals surface area contributed by atoms with Crippen molar-refractivity contribution in [3.05, 3.63) is 64.2 Å². The summed E-state index contributed by atoms with van der Waals surface area (Å²) in [4.78, 5) is 29.4. The van der Waals surface area contributed by atoms with Crippen LogP contribution in [0.3, 0.4) is 0 Å². The number of carbonyl (C=O) groups is 2. The molecule has 1 amide bonds. The fraction of sp³-hybridized carbons (Fsp3) is 0.304. The van der Waals surface area contributed by atoms with Gasteiger partial charge >= 0.3 is 0 Å². The molecular weight excluding hydrogens is 420 g/mol. The van der Waals surface area contributed by atoms with E-state index < -0.39 is 17.7 Å². The molecule has 0 spiro atoms. The van der Waals surface area contributed by atoms with Crippen molar-refractivity contribution in [2.75, 3.05) is 41.4 Å². The summed E-state index contributed by atoms with van der Waals surface area (Å²) in [5, 5.41) is 11.6. The number of nitrogens with zero attached hydrogens (tertiary/aromatic N) is 2. The minimum Gasteiger partial charge on any atom is -0.507 e. The molecule has 1 atom stereocenters. The topological polar surface area (TPSA) is 79.3 Å². The molecule has 31 heavy (non-hydrogen) atoms. The van der Waals surface area contributed by atoms with Crippen LogP contribution in [0.25, 0.3) is 5.76 Å². The van der Waals surface area contributed by atoms with E-state index in [0.29, 0.717) is 40.7 Å². The van der Waals surface area contributed by atoms with Gasteiger partial charge in [-0.3, -0.25) is 9.59 Å². The molecule has 0 aliphatic carbocycles. The second kappa shape index (κ2) is 9.41. The number of aliphatic hydroxyl groups is 1. The summed E-state index contributed by atoms with van der Waals surface area (Å²) in [5.74, 6) is -0.671. The number of benzene rings is 2. The summed E-state index contributed by atoms with van der Waals surface area (Å²) in [6.45, 7) is 0.830. The lowest BCUT2D eigenvalue weighted by Gasteiger charge is -2.28. The van der Waals surface area contributed by atoms with Crippen LogP contribution in [-0.2, 0) is 9.59 Å². The molecule has 1 aliphatic heterocycles. The Hall–Kier alpha value is -3.03. The molecule has 1 saturated heterocycles. The molecule has 1 unspecified atom stereocenters. The number of likely N-dealkylation sites (N-methyl/N-ethyl adjacent to an activating group) is 1. The maximum absolute atomic E-state index is 13.1. The van der Waals surface area contributed by atoms with Crippen molar-refractivity contribution in [2.24, 2.45) is 0 Å². The summed E-state index contributed by atoms with van der Waals surface area (Å²) >= 11 is 5.96. The molecule has 3 rings (SSSR count). The molecule has 164 valence electrons. The van der Waals surface area contributed by atoms with Gasteiger partial charge in [0.2, 0.25) is 0 Å². The Morgan fingerprint density at radius 1 is 1.10 bits per heavy atom. The smallest absolute Gasteiger partial charge is 0.295 e. The van der Waals surface area contributed by atoms with E-state index in [1.54, 1.807) is 42.5 Å². The lowest BCUT2D eigenvalue weighted by atomic mass is 9.94. The van der Waals surface area contributed by atoms with Crippen molar-refractivity contribution in [3.8, 4) is 11.5 Å². The lowest BCUT2D eigenvalue weighted by Crippen LogP contribution is -2.35. The van der Waals surface area contributed by atoms with Crippen LogP contribution in [0.15, 0.2) is 48.0 Å². The van der Waals surface area contributed by atoms with Crippen LogP contribution >= 0.6 is 11.6 Å². The van der Waals surface area contributed by atoms with E-state index in [2.05, 4.69) is 0 Å². The fourth-order valence-electron chi connectivity index (χ4n) is 3.56. The quantitative estimate of drug-likeness (QED) is 0.401. The normalized spacial score (nSPS) is 18.0. The van der Waals surface area contributed by atoms with Gasteiger partial charge in [0, 0.05) is 29.2 Å². The van der Waals surface area contributed by atoms with E-state index in [9.17, 15) is 14.7 Å². The van der Waals surface area contributed by atoms with Crippen LogP contribution in [0, 0.1) is 0 Å². The number of methoxy groups -OCH3 is 2. The third-order valence-corrected chi connectivity index (χ3v) is 5.43. The first-order valence-corrected chi connectivity index (χ1v) is 10.1. The number of carbonyl (C=O) groups excluding carboxylic acids is 2. The molecular formula is C23H25ClN2O5. The minimum atomic E-state index is -0.833. The van der Waals surface area contributed by atoms with Gasteiger partial charge < -0.3 is 24.4 Å². The van der Waals surface area contributed by atoms with E-state index in [0.717, 1.165) is 0 Å². The Kier molecular flexibility index (Phi) is 6.87. The van der Waals surface area contributed by atoms with E-state index in [4.69, 9.17) is 21.1 Å². The first kappa shape index (κ1) is 22.7. The van der Waals surface area contributed by atoms with Gasteiger partial charge in [0.05, 0.1) is 25.8 Å². The number of rotatable bonds is 7. The minimum absolute atomic E-state index is 0.00219. The van der Waals surface area contributed by atoms with Crippen LogP contribution in [-0.4, -0.2) is 68.0 Å². The lowest BCUT2D eigenvalue weighted by molar-refractivity contribution is -0.140. The number of Topliss-reactive ketones (excluding diaryl/α,β-unsaturated/α-hetero) is 1. The van der Waals surface area contributed by atoms with Crippen LogP contribution in [0.1, 0.15) is 17.2 Å². The Morgan fingerprint density at radius 3 is 2.35 bits per heavy atom. The molecule has 2 aromatic carbocycles. The summed E-state index contributed by atoms with van der Waals surface area (Å²) in [7, 11) is 6.80. The van der Waals surface area contributed by atoms with E-state index >= 15 is 0 Å². The number of likely N-dealkylation sites (tertiary alicyclic amines) is 1. The maximum atomic E-state index is 13.1. The Labute approximate surface area is 186 Å². The summed E-state index contributed by atoms with van der Waals surface area (Å²) in [5.41, 5.74) is 0.940. The SMILES string of the molecule is COc1ccc(OC)c(C2/C(=C(/O)c3ccc(Cl)cc3)C(=O)C(=O)N2CCN(C)C)c1. The summed E-state index contributed by atoms with van der Waals surface area (Å²) < 4.78 is 10.9. The molecule has 0 radical (unpaired) electrons. The van der Waals surface area contributed by atoms with Gasteiger partial charge in [-0.2, -0.15) is 0 Å². The molecule has 7 nitrogen and oxygen atoms in total. The van der Waals surface area contributed by atoms with Crippen molar-refractivity contribution in [1.82, 2.24) is 9.80 Å². The number of hydrogen-bond donors (Lipinski definition) is 1. The van der Waals surface area contributed by atoms with Crippen molar-refractivity contribution in [1.29, 1.82) is 0 Å². The molecule has 1 aliphatic rings. The summed E-state index contributed by atoms with van der Waals surface area (Å²) in [6, 6.07) is 10.7. The Bertz CT molecular complexity index is 1020. The number of aliphatic hydroxyl groups excluding tert-OH is 1. The Balaban J connectivity index is 2.23. The second-order valence-corrected chi connectivity index (χ2v) is 7.85. The Morgan fingerprint density at radius 2 is 1.77 bits per heavy atom. The van der Waals surface area contributed by atoms with E-state index in [1.165, 1.54) is 19.1 Å². The van der Waals surface area contributed by atoms with Crippen LogP contribution in [0.5, 0.6) is 11.5 Å². The number of ether oxygens (including phenoxy) is 2. The maximum Gasteiger partial charge on any atom is 0.295 e. The molecule has 0 bridgehead atoms. The van der Waals surface area contributed by atoms with Crippen LogP contribution < -0.4 is 9.47 Å². The molecule has 1 N–H and O–H groups in total. The van der Waals surface area contributed by atoms with Crippen molar-refractivity contribution >= 4 is 29.1 Å². The number of hydrogen-bond acceptors (Lipinski definition) is 6. The number of amides is 1. The first-order chi connectivity index (χ1) is 14.8. The van der Waals surface area contributed by atoms with Crippen molar-refractivity contribution < 1.29 is 24.2 Å².